The van der Waals surface area contributed by atoms with Crippen molar-refractivity contribution >= 4 is 11.7 Å². The average Bonchev–Trinajstić information content (AvgIpc) is 2.71. The van der Waals surface area contributed by atoms with Crippen LogP contribution >= 0.6 is 0 Å². The maximum atomic E-state index is 13.1. The molecule has 0 aromatic heterocycles. The molecular weight excluding hydrogens is 347 g/mol. The quantitative estimate of drug-likeness (QED) is 0.823. The molecule has 1 aromatic carbocycles. The van der Waals surface area contributed by atoms with Gasteiger partial charge in [0.05, 0.1) is 6.61 Å². The molecule has 0 bridgehead atoms. The van der Waals surface area contributed by atoms with E-state index in [4.69, 9.17) is 4.74 Å². The largest absolute Gasteiger partial charge is 0.383 e. The van der Waals surface area contributed by atoms with E-state index in [9.17, 15) is 9.18 Å². The van der Waals surface area contributed by atoms with Crippen molar-refractivity contribution in [1.29, 1.82) is 0 Å². The van der Waals surface area contributed by atoms with Crippen LogP contribution in [-0.2, 0) is 4.74 Å². The van der Waals surface area contributed by atoms with E-state index < -0.39 is 0 Å². The molecule has 0 radical (unpaired) electrons. The lowest BCUT2D eigenvalue weighted by Crippen LogP contribution is -2.53. The molecule has 0 saturated carbocycles. The van der Waals surface area contributed by atoms with Crippen LogP contribution in [0.25, 0.3) is 0 Å². The van der Waals surface area contributed by atoms with Crippen LogP contribution in [0.5, 0.6) is 0 Å². The van der Waals surface area contributed by atoms with Crippen LogP contribution in [0.3, 0.4) is 0 Å². The summed E-state index contributed by atoms with van der Waals surface area (Å²) in [6.45, 7) is 7.54. The third-order valence-corrected chi connectivity index (χ3v) is 5.52. The lowest BCUT2D eigenvalue weighted by molar-refractivity contribution is 0.113. The second-order valence-corrected chi connectivity index (χ2v) is 7.44. The van der Waals surface area contributed by atoms with Crippen molar-refractivity contribution in [3.8, 4) is 0 Å². The minimum atomic E-state index is -0.222. The summed E-state index contributed by atoms with van der Waals surface area (Å²) in [6.07, 6.45) is 2.35. The molecule has 2 aliphatic rings. The standard InChI is InChI=1S/C20H31FN4O2/c1-27-14-13-23-8-2-3-17(16-23)15-22-20(26)25-11-9-24(10-12-25)19-6-4-18(21)5-7-19/h4-7,17H,2-3,8-16H2,1H3,(H,22,26)/t17-/m1/s1. The van der Waals surface area contributed by atoms with E-state index in [-0.39, 0.29) is 11.8 Å². The Morgan fingerprint density at radius 3 is 2.63 bits per heavy atom. The molecule has 2 fully saturated rings. The molecule has 0 aliphatic carbocycles. The van der Waals surface area contributed by atoms with Gasteiger partial charge in [-0.1, -0.05) is 0 Å². The molecule has 1 atom stereocenters. The van der Waals surface area contributed by atoms with Crippen LogP contribution in [0.15, 0.2) is 24.3 Å². The Morgan fingerprint density at radius 2 is 1.93 bits per heavy atom. The van der Waals surface area contributed by atoms with Crippen molar-refractivity contribution in [3.05, 3.63) is 30.1 Å². The smallest absolute Gasteiger partial charge is 0.317 e. The van der Waals surface area contributed by atoms with E-state index in [1.54, 1.807) is 19.2 Å². The fourth-order valence-corrected chi connectivity index (χ4v) is 3.90. The van der Waals surface area contributed by atoms with Gasteiger partial charge < -0.3 is 24.8 Å². The molecule has 7 heteroatoms. The molecule has 6 nitrogen and oxygen atoms in total. The number of methoxy groups -OCH3 is 1. The number of likely N-dealkylation sites (tertiary alicyclic amines) is 1. The summed E-state index contributed by atoms with van der Waals surface area (Å²) in [7, 11) is 1.73. The van der Waals surface area contributed by atoms with Crippen molar-refractivity contribution in [2.45, 2.75) is 12.8 Å². The maximum Gasteiger partial charge on any atom is 0.317 e. The molecule has 27 heavy (non-hydrogen) atoms. The number of rotatable bonds is 6. The molecular formula is C20H31FN4O2. The van der Waals surface area contributed by atoms with Crippen molar-refractivity contribution < 1.29 is 13.9 Å². The molecule has 3 rings (SSSR count). The number of amides is 2. The van der Waals surface area contributed by atoms with E-state index in [1.165, 1.54) is 25.0 Å². The molecule has 1 aromatic rings. The number of anilines is 1. The second-order valence-electron chi connectivity index (χ2n) is 7.44. The average molecular weight is 378 g/mol. The highest BCUT2D eigenvalue weighted by atomic mass is 19.1. The summed E-state index contributed by atoms with van der Waals surface area (Å²) < 4.78 is 18.2. The number of urea groups is 1. The zero-order valence-corrected chi connectivity index (χ0v) is 16.2. The van der Waals surface area contributed by atoms with Gasteiger partial charge in [-0.05, 0) is 49.6 Å². The summed E-state index contributed by atoms with van der Waals surface area (Å²) in [6, 6.07) is 6.58. The molecule has 150 valence electrons. The Labute approximate surface area is 161 Å². The van der Waals surface area contributed by atoms with Crippen molar-refractivity contribution in [1.82, 2.24) is 15.1 Å². The van der Waals surface area contributed by atoms with Crippen LogP contribution in [0.2, 0.25) is 0 Å². The van der Waals surface area contributed by atoms with Gasteiger partial charge in [0.15, 0.2) is 0 Å². The van der Waals surface area contributed by atoms with Gasteiger partial charge in [0.2, 0.25) is 0 Å². The molecule has 2 heterocycles. The van der Waals surface area contributed by atoms with E-state index in [1.807, 2.05) is 4.90 Å². The first kappa shape index (κ1) is 19.9. The lowest BCUT2D eigenvalue weighted by Gasteiger charge is -2.37. The maximum absolute atomic E-state index is 13.1. The molecule has 2 aliphatic heterocycles. The number of benzene rings is 1. The van der Waals surface area contributed by atoms with Crippen LogP contribution < -0.4 is 10.2 Å². The summed E-state index contributed by atoms with van der Waals surface area (Å²) in [5, 5.41) is 3.12. The SMILES string of the molecule is COCCN1CCC[C@H](CNC(=O)N2CCN(c3ccc(F)cc3)CC2)C1. The van der Waals surface area contributed by atoms with Gasteiger partial charge in [0, 0.05) is 58.6 Å². The number of hydrogen-bond donors (Lipinski definition) is 1. The monoisotopic (exact) mass is 378 g/mol. The Kier molecular flexibility index (Phi) is 7.29. The van der Waals surface area contributed by atoms with Crippen molar-refractivity contribution in [2.24, 2.45) is 5.92 Å². The highest BCUT2D eigenvalue weighted by molar-refractivity contribution is 5.74. The fraction of sp³-hybridized carbons (Fsp3) is 0.650. The van der Waals surface area contributed by atoms with Crippen molar-refractivity contribution in [2.75, 3.05) is 71.0 Å². The van der Waals surface area contributed by atoms with Crippen LogP contribution in [0.1, 0.15) is 12.8 Å². The summed E-state index contributed by atoms with van der Waals surface area (Å²) >= 11 is 0. The first-order chi connectivity index (χ1) is 13.2. The fourth-order valence-electron chi connectivity index (χ4n) is 3.90. The van der Waals surface area contributed by atoms with Gasteiger partial charge in [-0.2, -0.15) is 0 Å². The van der Waals surface area contributed by atoms with Gasteiger partial charge in [-0.25, -0.2) is 9.18 Å². The number of ether oxygens (including phenoxy) is 1. The highest BCUT2D eigenvalue weighted by Crippen LogP contribution is 2.18. The first-order valence-corrected chi connectivity index (χ1v) is 9.90. The van der Waals surface area contributed by atoms with Gasteiger partial charge in [-0.3, -0.25) is 0 Å². The lowest BCUT2D eigenvalue weighted by atomic mass is 9.98. The van der Waals surface area contributed by atoms with E-state index >= 15 is 0 Å². The van der Waals surface area contributed by atoms with E-state index in [0.717, 1.165) is 51.6 Å². The normalized spacial score (nSPS) is 21.3. The number of nitrogens with one attached hydrogen (secondary N) is 1. The summed E-state index contributed by atoms with van der Waals surface area (Å²) in [4.78, 5) is 19.0. The van der Waals surface area contributed by atoms with Crippen LogP contribution in [0.4, 0.5) is 14.9 Å². The number of carbonyl (C=O) groups is 1. The molecule has 2 saturated heterocycles. The second kappa shape index (κ2) is 9.90. The third kappa shape index (κ3) is 5.81. The molecule has 0 unspecified atom stereocenters. The third-order valence-electron chi connectivity index (χ3n) is 5.52. The highest BCUT2D eigenvalue weighted by Gasteiger charge is 2.24. The molecule has 0 spiro atoms. The molecule has 1 N–H and O–H groups in total. The van der Waals surface area contributed by atoms with Gasteiger partial charge in [0.25, 0.3) is 0 Å². The Balaban J connectivity index is 1.38. The zero-order chi connectivity index (χ0) is 19.1. The molecule has 2 amide bonds. The Morgan fingerprint density at radius 1 is 1.19 bits per heavy atom. The predicted octanol–water partition coefficient (Wildman–Crippen LogP) is 2.02. The summed E-state index contributed by atoms with van der Waals surface area (Å²) in [5.74, 6) is 0.292. The first-order valence-electron chi connectivity index (χ1n) is 9.90. The number of nitrogens with zero attached hydrogens (tertiary/aromatic N) is 3. The number of piperidine rings is 1. The zero-order valence-electron chi connectivity index (χ0n) is 16.2. The predicted molar refractivity (Wildman–Crippen MR) is 105 cm³/mol. The minimum Gasteiger partial charge on any atom is -0.383 e. The van der Waals surface area contributed by atoms with Crippen LogP contribution in [0, 0.1) is 11.7 Å². The van der Waals surface area contributed by atoms with E-state index in [0.29, 0.717) is 19.0 Å². The van der Waals surface area contributed by atoms with Crippen molar-refractivity contribution in [3.63, 3.8) is 0 Å². The van der Waals surface area contributed by atoms with Gasteiger partial charge in [0.1, 0.15) is 5.82 Å². The minimum absolute atomic E-state index is 0.0303. The van der Waals surface area contributed by atoms with E-state index in [2.05, 4.69) is 15.1 Å². The summed E-state index contributed by atoms with van der Waals surface area (Å²) in [5.41, 5.74) is 1.01. The van der Waals surface area contributed by atoms with Crippen LogP contribution in [-0.4, -0.2) is 81.9 Å². The van der Waals surface area contributed by atoms with Gasteiger partial charge >= 0.3 is 6.03 Å². The number of carbonyl (C=O) groups excluding carboxylic acids is 1. The topological polar surface area (TPSA) is 48.1 Å². The number of hydrogen-bond acceptors (Lipinski definition) is 4. The number of halogens is 1. The van der Waals surface area contributed by atoms with Gasteiger partial charge in [-0.15, -0.1) is 0 Å². The number of piperazine rings is 1. The Bertz CT molecular complexity index is 590. The Hall–Kier alpha value is -1.86.